The summed E-state index contributed by atoms with van der Waals surface area (Å²) in [6.07, 6.45) is 4.49. The summed E-state index contributed by atoms with van der Waals surface area (Å²) in [6.45, 7) is 21.1. The van der Waals surface area contributed by atoms with Crippen LogP contribution in [0.2, 0.25) is 24.7 Å². The van der Waals surface area contributed by atoms with Gasteiger partial charge in [-0.3, -0.25) is 0 Å². The second-order valence-electron chi connectivity index (χ2n) is 10.2. The van der Waals surface area contributed by atoms with E-state index in [1.807, 2.05) is 12.1 Å². The van der Waals surface area contributed by atoms with E-state index in [0.29, 0.717) is 0 Å². The quantitative estimate of drug-likeness (QED) is 0.559. The number of nitrogens with zero attached hydrogens (tertiary/aromatic N) is 2. The molecule has 0 saturated heterocycles. The van der Waals surface area contributed by atoms with Crippen molar-refractivity contribution in [1.29, 1.82) is 0 Å². The highest BCUT2D eigenvalue weighted by Gasteiger charge is 2.42. The SMILES string of the molecule is CC(C)(C)N1C=CN(C(C)(C)C)B1/C=C(/c1ccc(Cl)cc1)[Si](C)(C)C. The molecule has 0 aromatic heterocycles. The minimum atomic E-state index is -1.55. The Balaban J connectivity index is 2.58. The molecular weight excluding hydrogens is 355 g/mol. The third-order valence-corrected chi connectivity index (χ3v) is 7.11. The fraction of sp³-hybridized carbons (Fsp3) is 0.524. The summed E-state index contributed by atoms with van der Waals surface area (Å²) in [5, 5.41) is 2.27. The molecule has 0 spiro atoms. The second-order valence-corrected chi connectivity index (χ2v) is 15.7. The number of hydrogen-bond acceptors (Lipinski definition) is 2. The molecule has 0 N–H and O–H groups in total. The van der Waals surface area contributed by atoms with Crippen molar-refractivity contribution in [1.82, 2.24) is 9.62 Å². The van der Waals surface area contributed by atoms with E-state index in [0.717, 1.165) is 5.02 Å². The Labute approximate surface area is 167 Å². The van der Waals surface area contributed by atoms with Gasteiger partial charge in [-0.1, -0.05) is 54.5 Å². The van der Waals surface area contributed by atoms with Crippen molar-refractivity contribution in [2.24, 2.45) is 0 Å². The van der Waals surface area contributed by atoms with Gasteiger partial charge in [-0.25, -0.2) is 0 Å². The summed E-state index contributed by atoms with van der Waals surface area (Å²) >= 11 is 6.13. The van der Waals surface area contributed by atoms with Crippen LogP contribution in [0.5, 0.6) is 0 Å². The molecule has 2 rings (SSSR count). The van der Waals surface area contributed by atoms with Gasteiger partial charge < -0.3 is 9.62 Å². The molecule has 1 aliphatic heterocycles. The number of hydrogen-bond donors (Lipinski definition) is 0. The second kappa shape index (κ2) is 7.12. The molecule has 0 fully saturated rings. The fourth-order valence-corrected chi connectivity index (χ4v) is 5.22. The van der Waals surface area contributed by atoms with Crippen molar-refractivity contribution < 1.29 is 0 Å². The van der Waals surface area contributed by atoms with Crippen LogP contribution in [0, 0.1) is 0 Å². The van der Waals surface area contributed by atoms with Crippen molar-refractivity contribution in [3.63, 3.8) is 0 Å². The molecule has 142 valence electrons. The van der Waals surface area contributed by atoms with E-state index in [2.05, 4.69) is 101 Å². The molecule has 0 aliphatic carbocycles. The van der Waals surface area contributed by atoms with E-state index in [4.69, 9.17) is 11.6 Å². The fourth-order valence-electron chi connectivity index (χ4n) is 3.41. The van der Waals surface area contributed by atoms with E-state index in [9.17, 15) is 0 Å². The lowest BCUT2D eigenvalue weighted by molar-refractivity contribution is 0.285. The lowest BCUT2D eigenvalue weighted by atomic mass is 9.67. The van der Waals surface area contributed by atoms with Crippen LogP contribution in [-0.4, -0.2) is 35.8 Å². The van der Waals surface area contributed by atoms with Crippen LogP contribution in [0.3, 0.4) is 0 Å². The van der Waals surface area contributed by atoms with Crippen LogP contribution in [0.15, 0.2) is 42.6 Å². The Kier molecular flexibility index (Phi) is 5.80. The van der Waals surface area contributed by atoms with Crippen LogP contribution in [0.4, 0.5) is 0 Å². The Hall–Kier alpha value is -1.13. The van der Waals surface area contributed by atoms with Crippen molar-refractivity contribution in [2.45, 2.75) is 72.3 Å². The molecular formula is C21H34BClN2Si. The standard InChI is InChI=1S/C21H34BClN2Si/c1-20(2,3)24-14-15-25(21(4,5)6)22(24)16-19(26(7,8)9)17-10-12-18(23)13-11-17/h10-16H,1-9H3/b19-16-. The van der Waals surface area contributed by atoms with Crippen molar-refractivity contribution in [2.75, 3.05) is 0 Å². The van der Waals surface area contributed by atoms with E-state index < -0.39 is 8.07 Å². The molecule has 1 aromatic carbocycles. The van der Waals surface area contributed by atoms with Crippen LogP contribution >= 0.6 is 11.6 Å². The van der Waals surface area contributed by atoms with Gasteiger partial charge in [0.15, 0.2) is 0 Å². The highest BCUT2D eigenvalue weighted by Crippen LogP contribution is 2.33. The molecule has 1 aliphatic rings. The van der Waals surface area contributed by atoms with Crippen molar-refractivity contribution >= 4 is 31.9 Å². The minimum absolute atomic E-state index is 0.0578. The summed E-state index contributed by atoms with van der Waals surface area (Å²) < 4.78 is 0. The third-order valence-electron chi connectivity index (χ3n) is 4.79. The third kappa shape index (κ3) is 4.77. The maximum absolute atomic E-state index is 6.13. The Morgan fingerprint density at radius 3 is 1.65 bits per heavy atom. The van der Waals surface area contributed by atoms with Gasteiger partial charge in [-0.05, 0) is 59.2 Å². The van der Waals surface area contributed by atoms with Crippen molar-refractivity contribution in [3.8, 4) is 0 Å². The first-order valence-corrected chi connectivity index (χ1v) is 13.3. The van der Waals surface area contributed by atoms with E-state index in [-0.39, 0.29) is 18.1 Å². The minimum Gasteiger partial charge on any atom is -0.393 e. The van der Waals surface area contributed by atoms with Crippen LogP contribution in [-0.2, 0) is 0 Å². The zero-order valence-corrected chi connectivity index (χ0v) is 19.6. The predicted molar refractivity (Wildman–Crippen MR) is 121 cm³/mol. The van der Waals surface area contributed by atoms with Gasteiger partial charge in [0.1, 0.15) is 0 Å². The zero-order valence-electron chi connectivity index (χ0n) is 17.9. The van der Waals surface area contributed by atoms with Gasteiger partial charge in [-0.2, -0.15) is 0 Å². The van der Waals surface area contributed by atoms with Gasteiger partial charge in [0.05, 0.1) is 8.07 Å². The van der Waals surface area contributed by atoms with Gasteiger partial charge in [0, 0.05) is 28.5 Å². The van der Waals surface area contributed by atoms with E-state index in [1.165, 1.54) is 10.8 Å². The van der Waals surface area contributed by atoms with Crippen molar-refractivity contribution in [3.05, 3.63) is 53.2 Å². The van der Waals surface area contributed by atoms with Gasteiger partial charge in [0.2, 0.25) is 0 Å². The first kappa shape index (κ1) is 21.2. The lowest BCUT2D eigenvalue weighted by Crippen LogP contribution is -2.56. The molecule has 0 atom stereocenters. The van der Waals surface area contributed by atoms with E-state index in [1.54, 1.807) is 0 Å². The molecule has 0 amide bonds. The first-order valence-electron chi connectivity index (χ1n) is 9.45. The lowest BCUT2D eigenvalue weighted by Gasteiger charge is -2.43. The molecule has 0 unspecified atom stereocenters. The topological polar surface area (TPSA) is 6.48 Å². The van der Waals surface area contributed by atoms with Crippen LogP contribution < -0.4 is 0 Å². The van der Waals surface area contributed by atoms with Gasteiger partial charge in [0.25, 0.3) is 0 Å². The van der Waals surface area contributed by atoms with E-state index >= 15 is 0 Å². The smallest absolute Gasteiger partial charge is 0.393 e. The molecule has 1 heterocycles. The molecule has 1 aromatic rings. The molecule has 26 heavy (non-hydrogen) atoms. The molecule has 0 radical (unpaired) electrons. The highest BCUT2D eigenvalue weighted by molar-refractivity contribution is 6.95. The number of rotatable bonds is 3. The summed E-state index contributed by atoms with van der Waals surface area (Å²) in [4.78, 5) is 4.93. The summed E-state index contributed by atoms with van der Waals surface area (Å²) in [6, 6.07) is 8.33. The first-order chi connectivity index (χ1) is 11.7. The number of halogens is 1. The summed E-state index contributed by atoms with van der Waals surface area (Å²) in [5.74, 6) is 2.49. The normalized spacial score (nSPS) is 16.7. The molecule has 0 saturated carbocycles. The molecule has 2 nitrogen and oxygen atoms in total. The maximum atomic E-state index is 6.13. The predicted octanol–water partition coefficient (Wildman–Crippen LogP) is 6.31. The summed E-state index contributed by atoms with van der Waals surface area (Å²) in [7, 11) is -1.55. The average Bonchev–Trinajstić information content (AvgIpc) is 2.88. The van der Waals surface area contributed by atoms with Crippen LogP contribution in [0.25, 0.3) is 5.20 Å². The highest BCUT2D eigenvalue weighted by atomic mass is 35.5. The Bertz CT molecular complexity index is 667. The Morgan fingerprint density at radius 1 is 0.885 bits per heavy atom. The zero-order chi connectivity index (χ0) is 19.9. The number of benzene rings is 1. The monoisotopic (exact) mass is 388 g/mol. The van der Waals surface area contributed by atoms with Gasteiger partial charge in [-0.15, -0.1) is 0 Å². The largest absolute Gasteiger partial charge is 0.403 e. The van der Waals surface area contributed by atoms with Crippen LogP contribution in [0.1, 0.15) is 47.1 Å². The summed E-state index contributed by atoms with van der Waals surface area (Å²) in [5.41, 5.74) is 1.41. The average molecular weight is 389 g/mol. The molecule has 0 bridgehead atoms. The molecule has 5 heteroatoms. The Morgan fingerprint density at radius 2 is 1.31 bits per heavy atom. The van der Waals surface area contributed by atoms with Gasteiger partial charge >= 0.3 is 6.98 Å². The maximum Gasteiger partial charge on any atom is 0.403 e.